The highest BCUT2D eigenvalue weighted by atomic mass is 32.2. The lowest BCUT2D eigenvalue weighted by molar-refractivity contribution is -0.150. The summed E-state index contributed by atoms with van der Waals surface area (Å²) in [5, 5.41) is 11.4. The van der Waals surface area contributed by atoms with Gasteiger partial charge >= 0.3 is 5.97 Å². The van der Waals surface area contributed by atoms with Gasteiger partial charge in [-0.25, -0.2) is 13.2 Å². The number of carboxylic acid groups (broad SMARTS) is 1. The van der Waals surface area contributed by atoms with Crippen LogP contribution in [0.1, 0.15) is 18.5 Å². The van der Waals surface area contributed by atoms with Crippen LogP contribution in [-0.4, -0.2) is 59.6 Å². The number of hydrogen-bond donors (Lipinski definition) is 4. The highest BCUT2D eigenvalue weighted by molar-refractivity contribution is 8.00. The van der Waals surface area contributed by atoms with Gasteiger partial charge in [0.25, 0.3) is 5.91 Å². The van der Waals surface area contributed by atoms with Crippen LogP contribution in [0.4, 0.5) is 5.69 Å². The number of nitrogens with two attached hydrogens (primary N) is 1. The highest BCUT2D eigenvalue weighted by Gasteiger charge is 2.53. The summed E-state index contributed by atoms with van der Waals surface area (Å²) >= 11 is 1.36. The molecule has 12 heteroatoms. The van der Waals surface area contributed by atoms with Crippen molar-refractivity contribution in [2.75, 3.05) is 16.7 Å². The van der Waals surface area contributed by atoms with Crippen molar-refractivity contribution in [3.63, 3.8) is 0 Å². The Balaban J connectivity index is 1.71. The Morgan fingerprint density at radius 2 is 2.07 bits per heavy atom. The monoisotopic (exact) mass is 440 g/mol. The third-order valence-electron chi connectivity index (χ3n) is 4.49. The second kappa shape index (κ2) is 7.69. The van der Waals surface area contributed by atoms with Crippen LogP contribution in [0, 0.1) is 0 Å². The first-order valence-electron chi connectivity index (χ1n) is 8.51. The molecule has 1 aromatic rings. The van der Waals surface area contributed by atoms with E-state index in [1.807, 2.05) is 0 Å². The molecule has 0 saturated carbocycles. The van der Waals surface area contributed by atoms with E-state index in [1.165, 1.54) is 28.8 Å². The maximum atomic E-state index is 12.6. The van der Waals surface area contributed by atoms with Gasteiger partial charge in [0.1, 0.15) is 23.2 Å². The van der Waals surface area contributed by atoms with Crippen LogP contribution in [0.5, 0.6) is 0 Å². The Morgan fingerprint density at radius 3 is 2.69 bits per heavy atom. The molecule has 1 fully saturated rings. The summed E-state index contributed by atoms with van der Waals surface area (Å²) in [5.74, 6) is -1.87. The summed E-state index contributed by atoms with van der Waals surface area (Å²) in [7, 11) is -3.49. The number of hydrogen-bond acceptors (Lipinski definition) is 7. The first-order valence-corrected chi connectivity index (χ1v) is 11.4. The van der Waals surface area contributed by atoms with Gasteiger partial charge in [-0.3, -0.25) is 19.2 Å². The van der Waals surface area contributed by atoms with Gasteiger partial charge in [0.15, 0.2) is 0 Å². The van der Waals surface area contributed by atoms with Crippen molar-refractivity contribution in [1.29, 1.82) is 0 Å². The minimum absolute atomic E-state index is 0.0481. The van der Waals surface area contributed by atoms with Gasteiger partial charge in [-0.15, -0.1) is 11.8 Å². The third kappa shape index (κ3) is 4.23. The van der Waals surface area contributed by atoms with Gasteiger partial charge < -0.3 is 16.2 Å². The van der Waals surface area contributed by atoms with E-state index in [0.29, 0.717) is 16.9 Å². The van der Waals surface area contributed by atoms with Crippen LogP contribution in [0.2, 0.25) is 0 Å². The fourth-order valence-electron chi connectivity index (χ4n) is 3.18. The smallest absolute Gasteiger partial charge is 0.352 e. The molecule has 10 nitrogen and oxygen atoms in total. The molecule has 1 aromatic carbocycles. The lowest BCUT2D eigenvalue weighted by Gasteiger charge is -2.49. The highest BCUT2D eigenvalue weighted by Crippen LogP contribution is 2.40. The van der Waals surface area contributed by atoms with Crippen molar-refractivity contribution in [2.24, 2.45) is 5.73 Å². The number of rotatable bonds is 6. The molecule has 156 valence electrons. The van der Waals surface area contributed by atoms with Crippen molar-refractivity contribution >= 4 is 45.3 Å². The van der Waals surface area contributed by atoms with Crippen LogP contribution in [0.15, 0.2) is 35.5 Å². The predicted molar refractivity (Wildman–Crippen MR) is 107 cm³/mol. The molecule has 0 spiro atoms. The topological polar surface area (TPSA) is 159 Å². The summed E-state index contributed by atoms with van der Waals surface area (Å²) < 4.78 is 25.0. The molecule has 5 N–H and O–H groups in total. The second-order valence-electron chi connectivity index (χ2n) is 6.81. The fraction of sp³-hybridized carbons (Fsp3) is 0.353. The Hall–Kier alpha value is -2.57. The van der Waals surface area contributed by atoms with Gasteiger partial charge in [-0.1, -0.05) is 12.1 Å². The van der Waals surface area contributed by atoms with E-state index in [0.717, 1.165) is 6.26 Å². The number of carbonyl (C=O) groups excluding carboxylic acids is 2. The van der Waals surface area contributed by atoms with Crippen molar-refractivity contribution in [3.8, 4) is 0 Å². The molecule has 29 heavy (non-hydrogen) atoms. The van der Waals surface area contributed by atoms with Crippen molar-refractivity contribution in [1.82, 2.24) is 10.2 Å². The average Bonchev–Trinajstić information content (AvgIpc) is 2.63. The van der Waals surface area contributed by atoms with Gasteiger partial charge in [0.2, 0.25) is 15.9 Å². The van der Waals surface area contributed by atoms with Crippen molar-refractivity contribution < 1.29 is 27.9 Å². The van der Waals surface area contributed by atoms with Gasteiger partial charge in [0.05, 0.1) is 6.26 Å². The van der Waals surface area contributed by atoms with Crippen molar-refractivity contribution in [2.45, 2.75) is 24.4 Å². The fourth-order valence-corrected chi connectivity index (χ4v) is 5.03. The molecule has 2 aliphatic heterocycles. The lowest BCUT2D eigenvalue weighted by Crippen LogP contribution is -2.71. The molecule has 0 bridgehead atoms. The molecule has 0 radical (unpaired) electrons. The van der Waals surface area contributed by atoms with E-state index >= 15 is 0 Å². The number of carbonyl (C=O) groups is 3. The number of thioether (sulfide) groups is 1. The first kappa shape index (κ1) is 21.1. The number of benzene rings is 1. The van der Waals surface area contributed by atoms with Crippen molar-refractivity contribution in [3.05, 3.63) is 41.1 Å². The SMILES string of the molecule is CC1=C(C(=O)O)N2C(=O)[C@@H](NC(=O)[C@H](N)c3cccc(NS(C)(=O)=O)c3)[C@H]2SC1. The maximum Gasteiger partial charge on any atom is 0.352 e. The molecule has 3 rings (SSSR count). The number of fused-ring (bicyclic) bond motifs is 1. The van der Waals surface area contributed by atoms with E-state index in [2.05, 4.69) is 10.0 Å². The first-order chi connectivity index (χ1) is 13.5. The van der Waals surface area contributed by atoms with E-state index in [1.54, 1.807) is 19.1 Å². The lowest BCUT2D eigenvalue weighted by atomic mass is 10.0. The minimum atomic E-state index is -3.49. The largest absolute Gasteiger partial charge is 0.477 e. The number of carboxylic acids is 1. The van der Waals surface area contributed by atoms with E-state index in [-0.39, 0.29) is 11.4 Å². The Labute approximate surface area is 171 Å². The normalized spacial score (nSPS) is 22.4. The summed E-state index contributed by atoms with van der Waals surface area (Å²) in [6.07, 6.45) is 1.00. The van der Waals surface area contributed by atoms with Gasteiger partial charge in [-0.05, 0) is 30.2 Å². The summed E-state index contributed by atoms with van der Waals surface area (Å²) in [5.41, 5.74) is 7.14. The summed E-state index contributed by atoms with van der Waals surface area (Å²) in [4.78, 5) is 37.6. The molecular formula is C17H20N4O6S2. The molecule has 0 aromatic heterocycles. The molecule has 3 atom stereocenters. The molecule has 1 saturated heterocycles. The number of anilines is 1. The Bertz CT molecular complexity index is 1020. The van der Waals surface area contributed by atoms with Crippen LogP contribution < -0.4 is 15.8 Å². The predicted octanol–water partition coefficient (Wildman–Crippen LogP) is -0.184. The van der Waals surface area contributed by atoms with Crippen LogP contribution in [-0.2, 0) is 24.4 Å². The van der Waals surface area contributed by atoms with Crippen LogP contribution in [0.25, 0.3) is 0 Å². The molecular weight excluding hydrogens is 420 g/mol. The zero-order valence-corrected chi connectivity index (χ0v) is 17.2. The zero-order chi connectivity index (χ0) is 21.5. The average molecular weight is 441 g/mol. The van der Waals surface area contributed by atoms with Crippen LogP contribution >= 0.6 is 11.8 Å². The summed E-state index contributed by atoms with van der Waals surface area (Å²) in [6.45, 7) is 1.65. The third-order valence-corrected chi connectivity index (χ3v) is 6.52. The quantitative estimate of drug-likeness (QED) is 0.443. The number of amides is 2. The van der Waals surface area contributed by atoms with Gasteiger partial charge in [0, 0.05) is 11.4 Å². The maximum absolute atomic E-state index is 12.6. The molecule has 2 aliphatic rings. The summed E-state index contributed by atoms with van der Waals surface area (Å²) in [6, 6.07) is 4.06. The molecule has 2 heterocycles. The number of nitrogens with one attached hydrogen (secondary N) is 2. The molecule has 0 unspecified atom stereocenters. The molecule has 2 amide bonds. The van der Waals surface area contributed by atoms with Gasteiger partial charge in [-0.2, -0.15) is 0 Å². The standard InChI is InChI=1S/C17H20N4O6S2/c1-8-7-28-16-12(15(23)21(16)13(8)17(24)25)19-14(22)11(18)9-4-3-5-10(6-9)20-29(2,26)27/h3-6,11-12,16,20H,7,18H2,1-2H3,(H,19,22)(H,24,25)/t11-,12-,16-/m1/s1. The number of aliphatic carboxylic acids is 1. The van der Waals surface area contributed by atoms with E-state index < -0.39 is 45.3 Å². The minimum Gasteiger partial charge on any atom is -0.477 e. The number of β-lactam (4-membered cyclic amide) rings is 1. The zero-order valence-electron chi connectivity index (χ0n) is 15.6. The van der Waals surface area contributed by atoms with Crippen LogP contribution in [0.3, 0.4) is 0 Å². The number of sulfonamides is 1. The molecule has 0 aliphatic carbocycles. The van der Waals surface area contributed by atoms with E-state index in [9.17, 15) is 27.9 Å². The second-order valence-corrected chi connectivity index (χ2v) is 9.66. The van der Waals surface area contributed by atoms with E-state index in [4.69, 9.17) is 5.73 Å². The Kier molecular flexibility index (Phi) is 5.61. The Morgan fingerprint density at radius 1 is 1.38 bits per heavy atom. The number of nitrogens with zero attached hydrogens (tertiary/aromatic N) is 1.